The first kappa shape index (κ1) is 17.0. The first-order valence-electron chi connectivity index (χ1n) is 7.85. The van der Waals surface area contributed by atoms with Crippen LogP contribution in [0, 0.1) is 0 Å². The van der Waals surface area contributed by atoms with Crippen LogP contribution in [-0.4, -0.2) is 48.6 Å². The van der Waals surface area contributed by atoms with Crippen molar-refractivity contribution in [2.45, 2.75) is 32.2 Å². The van der Waals surface area contributed by atoms with Crippen LogP contribution in [0.4, 0.5) is 0 Å². The second kappa shape index (κ2) is 8.93. The number of thioether (sulfide) groups is 1. The Hall–Kier alpha value is -1.36. The summed E-state index contributed by atoms with van der Waals surface area (Å²) in [4.78, 5) is 14.2. The van der Waals surface area contributed by atoms with Crippen molar-refractivity contribution in [3.63, 3.8) is 0 Å². The molecule has 1 aromatic carbocycles. The van der Waals surface area contributed by atoms with Crippen LogP contribution in [-0.2, 0) is 4.79 Å². The number of methoxy groups -OCH3 is 1. The predicted octanol–water partition coefficient (Wildman–Crippen LogP) is 3.21. The van der Waals surface area contributed by atoms with Crippen molar-refractivity contribution < 1.29 is 14.3 Å². The summed E-state index contributed by atoms with van der Waals surface area (Å²) < 4.78 is 10.8. The van der Waals surface area contributed by atoms with E-state index in [0.29, 0.717) is 18.4 Å². The molecular formula is C17H25NO3S. The van der Waals surface area contributed by atoms with Gasteiger partial charge < -0.3 is 14.4 Å². The van der Waals surface area contributed by atoms with Gasteiger partial charge in [-0.3, -0.25) is 4.79 Å². The molecule has 0 bridgehead atoms. The lowest BCUT2D eigenvalue weighted by Gasteiger charge is -2.33. The van der Waals surface area contributed by atoms with E-state index in [9.17, 15) is 4.79 Å². The van der Waals surface area contributed by atoms with Crippen LogP contribution >= 0.6 is 11.8 Å². The van der Waals surface area contributed by atoms with Gasteiger partial charge in [0.05, 0.1) is 19.5 Å². The zero-order valence-electron chi connectivity index (χ0n) is 13.4. The summed E-state index contributed by atoms with van der Waals surface area (Å²) in [5.41, 5.74) is 0. The number of nitrogens with zero attached hydrogens (tertiary/aromatic N) is 1. The van der Waals surface area contributed by atoms with Crippen LogP contribution in [0.5, 0.6) is 11.5 Å². The van der Waals surface area contributed by atoms with E-state index in [2.05, 4.69) is 6.92 Å². The number of likely N-dealkylation sites (tertiary alicyclic amines) is 1. The van der Waals surface area contributed by atoms with E-state index in [-0.39, 0.29) is 5.91 Å². The highest BCUT2D eigenvalue weighted by Crippen LogP contribution is 2.19. The van der Waals surface area contributed by atoms with Crippen molar-refractivity contribution >= 4 is 17.7 Å². The highest BCUT2D eigenvalue weighted by molar-refractivity contribution is 7.99. The molecule has 1 fully saturated rings. The molecule has 4 nitrogen and oxygen atoms in total. The summed E-state index contributed by atoms with van der Waals surface area (Å²) >= 11 is 1.64. The van der Waals surface area contributed by atoms with E-state index in [1.807, 2.05) is 29.2 Å². The number of carbonyl (C=O) groups is 1. The highest BCUT2D eigenvalue weighted by Gasteiger charge is 2.22. The number of rotatable bonds is 7. The molecule has 0 aromatic heterocycles. The molecule has 0 saturated carbocycles. The van der Waals surface area contributed by atoms with Crippen molar-refractivity contribution in [3.05, 3.63) is 24.3 Å². The molecule has 1 unspecified atom stereocenters. The van der Waals surface area contributed by atoms with Gasteiger partial charge in [-0.2, -0.15) is 0 Å². The van der Waals surface area contributed by atoms with E-state index < -0.39 is 0 Å². The van der Waals surface area contributed by atoms with Gasteiger partial charge in [0, 0.05) is 18.3 Å². The van der Waals surface area contributed by atoms with Gasteiger partial charge >= 0.3 is 0 Å². The molecule has 0 aliphatic carbocycles. The minimum Gasteiger partial charge on any atom is -0.497 e. The van der Waals surface area contributed by atoms with Gasteiger partial charge in [-0.25, -0.2) is 0 Å². The van der Waals surface area contributed by atoms with Gasteiger partial charge in [0.1, 0.15) is 11.5 Å². The number of amides is 1. The van der Waals surface area contributed by atoms with Crippen molar-refractivity contribution in [2.24, 2.45) is 0 Å². The Morgan fingerprint density at radius 2 is 2.00 bits per heavy atom. The fourth-order valence-electron chi connectivity index (χ4n) is 2.60. The summed E-state index contributed by atoms with van der Waals surface area (Å²) in [6.45, 7) is 3.68. The number of ether oxygens (including phenoxy) is 2. The van der Waals surface area contributed by atoms with Crippen LogP contribution in [0.3, 0.4) is 0 Å². The summed E-state index contributed by atoms with van der Waals surface area (Å²) in [6, 6.07) is 7.94. The SMILES string of the molecule is COc1ccc(OCCSCC(=O)N2CCCCC2C)cc1. The van der Waals surface area contributed by atoms with Crippen LogP contribution in [0.2, 0.25) is 0 Å². The number of hydrogen-bond acceptors (Lipinski definition) is 4. The topological polar surface area (TPSA) is 38.8 Å². The molecular weight excluding hydrogens is 298 g/mol. The Labute approximate surface area is 137 Å². The molecule has 122 valence electrons. The molecule has 0 spiro atoms. The van der Waals surface area contributed by atoms with Crippen molar-refractivity contribution in [3.8, 4) is 11.5 Å². The first-order valence-corrected chi connectivity index (χ1v) is 9.00. The van der Waals surface area contributed by atoms with Crippen LogP contribution in [0.15, 0.2) is 24.3 Å². The Morgan fingerprint density at radius 1 is 1.27 bits per heavy atom. The average Bonchev–Trinajstić information content (AvgIpc) is 2.55. The van der Waals surface area contributed by atoms with Crippen molar-refractivity contribution in [2.75, 3.05) is 31.8 Å². The maximum absolute atomic E-state index is 12.2. The Bertz CT molecular complexity index is 463. The van der Waals surface area contributed by atoms with Crippen LogP contribution in [0.1, 0.15) is 26.2 Å². The van der Waals surface area contributed by atoms with Crippen LogP contribution in [0.25, 0.3) is 0 Å². The molecule has 1 atom stereocenters. The fraction of sp³-hybridized carbons (Fsp3) is 0.588. The second-order valence-electron chi connectivity index (χ2n) is 5.51. The lowest BCUT2D eigenvalue weighted by Crippen LogP contribution is -2.43. The van der Waals surface area contributed by atoms with Crippen LogP contribution < -0.4 is 9.47 Å². The molecule has 0 N–H and O–H groups in total. The van der Waals surface area contributed by atoms with E-state index in [1.54, 1.807) is 18.9 Å². The molecule has 1 aliphatic rings. The normalized spacial score (nSPS) is 18.1. The largest absolute Gasteiger partial charge is 0.497 e. The van der Waals surface area contributed by atoms with Gasteiger partial charge in [-0.1, -0.05) is 0 Å². The van der Waals surface area contributed by atoms with Gasteiger partial charge in [-0.05, 0) is 50.5 Å². The van der Waals surface area contributed by atoms with E-state index >= 15 is 0 Å². The molecule has 0 radical (unpaired) electrons. The quantitative estimate of drug-likeness (QED) is 0.722. The van der Waals surface area contributed by atoms with Gasteiger partial charge in [0.15, 0.2) is 0 Å². The van der Waals surface area contributed by atoms with Gasteiger partial charge in [0.2, 0.25) is 5.91 Å². The first-order chi connectivity index (χ1) is 10.7. The molecule has 1 amide bonds. The van der Waals surface area contributed by atoms with Gasteiger partial charge in [0.25, 0.3) is 0 Å². The summed E-state index contributed by atoms with van der Waals surface area (Å²) in [7, 11) is 1.65. The Balaban J connectivity index is 1.61. The third-order valence-electron chi connectivity index (χ3n) is 3.90. The minimum absolute atomic E-state index is 0.265. The summed E-state index contributed by atoms with van der Waals surface area (Å²) in [6.07, 6.45) is 3.52. The third-order valence-corrected chi connectivity index (χ3v) is 4.81. The lowest BCUT2D eigenvalue weighted by molar-refractivity contribution is -0.131. The smallest absolute Gasteiger partial charge is 0.232 e. The zero-order valence-corrected chi connectivity index (χ0v) is 14.2. The Morgan fingerprint density at radius 3 is 2.68 bits per heavy atom. The molecule has 1 aliphatic heterocycles. The lowest BCUT2D eigenvalue weighted by atomic mass is 10.0. The summed E-state index contributed by atoms with van der Waals surface area (Å²) in [5.74, 6) is 3.29. The monoisotopic (exact) mass is 323 g/mol. The molecule has 2 rings (SSSR count). The number of hydrogen-bond donors (Lipinski definition) is 0. The predicted molar refractivity (Wildman–Crippen MR) is 90.8 cm³/mol. The number of piperidine rings is 1. The molecule has 1 aromatic rings. The van der Waals surface area contributed by atoms with Crippen molar-refractivity contribution in [1.82, 2.24) is 4.90 Å². The molecule has 1 saturated heterocycles. The van der Waals surface area contributed by atoms with Gasteiger partial charge in [-0.15, -0.1) is 11.8 Å². The van der Waals surface area contributed by atoms with E-state index in [1.165, 1.54) is 6.42 Å². The fourth-order valence-corrected chi connectivity index (χ4v) is 3.29. The number of carbonyl (C=O) groups excluding carboxylic acids is 1. The Kier molecular flexibility index (Phi) is 6.90. The van der Waals surface area contributed by atoms with Crippen molar-refractivity contribution in [1.29, 1.82) is 0 Å². The highest BCUT2D eigenvalue weighted by atomic mass is 32.2. The van der Waals surface area contributed by atoms with E-state index in [0.717, 1.165) is 36.6 Å². The molecule has 22 heavy (non-hydrogen) atoms. The number of benzene rings is 1. The summed E-state index contributed by atoms with van der Waals surface area (Å²) in [5, 5.41) is 0. The maximum atomic E-state index is 12.2. The molecule has 5 heteroatoms. The standard InChI is InChI=1S/C17H25NO3S/c1-14-5-3-4-10-18(14)17(19)13-22-12-11-21-16-8-6-15(20-2)7-9-16/h6-9,14H,3-5,10-13H2,1-2H3. The third kappa shape index (κ3) is 5.13. The van der Waals surface area contributed by atoms with E-state index in [4.69, 9.17) is 9.47 Å². The maximum Gasteiger partial charge on any atom is 0.232 e. The second-order valence-corrected chi connectivity index (χ2v) is 6.61. The molecule has 1 heterocycles. The average molecular weight is 323 g/mol. The zero-order chi connectivity index (χ0) is 15.8. The minimum atomic E-state index is 0.265.